The van der Waals surface area contributed by atoms with E-state index in [1.54, 1.807) is 6.07 Å². The molecule has 0 aliphatic heterocycles. The molecular formula is C11H12BrN5O. The molecule has 0 amide bonds. The van der Waals surface area contributed by atoms with Crippen molar-refractivity contribution in [2.45, 2.75) is 6.61 Å². The predicted octanol–water partition coefficient (Wildman–Crippen LogP) is 1.69. The maximum absolute atomic E-state index is 5.54. The van der Waals surface area contributed by atoms with Gasteiger partial charge in [-0.25, -0.2) is 5.84 Å². The molecule has 6 nitrogen and oxygen atoms in total. The molecular weight excluding hydrogens is 298 g/mol. The Kier molecular flexibility index (Phi) is 3.96. The molecule has 94 valence electrons. The van der Waals surface area contributed by atoms with E-state index in [0.29, 0.717) is 18.3 Å². The first-order chi connectivity index (χ1) is 8.69. The van der Waals surface area contributed by atoms with Crippen molar-refractivity contribution in [1.29, 1.82) is 0 Å². The van der Waals surface area contributed by atoms with Crippen molar-refractivity contribution < 1.29 is 4.74 Å². The molecule has 0 radical (unpaired) electrons. The number of nitrogens with one attached hydrogen (secondary N) is 1. The molecule has 1 heterocycles. The van der Waals surface area contributed by atoms with Gasteiger partial charge in [0.1, 0.15) is 12.4 Å². The number of benzene rings is 1. The number of nitrogen functional groups attached to an aromatic ring is 2. The van der Waals surface area contributed by atoms with Crippen molar-refractivity contribution in [1.82, 2.24) is 9.97 Å². The van der Waals surface area contributed by atoms with Gasteiger partial charge >= 0.3 is 0 Å². The number of aromatic nitrogens is 2. The lowest BCUT2D eigenvalue weighted by molar-refractivity contribution is 0.293. The third kappa shape index (κ3) is 3.08. The highest BCUT2D eigenvalue weighted by atomic mass is 79.9. The van der Waals surface area contributed by atoms with Gasteiger partial charge in [0.15, 0.2) is 0 Å². The lowest BCUT2D eigenvalue weighted by Crippen LogP contribution is -2.11. The van der Waals surface area contributed by atoms with Gasteiger partial charge in [0, 0.05) is 16.1 Å². The molecule has 1 aromatic carbocycles. The maximum Gasteiger partial charge on any atom is 0.225 e. The van der Waals surface area contributed by atoms with E-state index in [2.05, 4.69) is 31.3 Å². The summed E-state index contributed by atoms with van der Waals surface area (Å²) < 4.78 is 6.52. The zero-order chi connectivity index (χ0) is 13.0. The summed E-state index contributed by atoms with van der Waals surface area (Å²) in [5, 5.41) is 0. The fourth-order valence-corrected chi connectivity index (χ4v) is 1.76. The zero-order valence-corrected chi connectivity index (χ0v) is 11.0. The fourth-order valence-electron chi connectivity index (χ4n) is 1.36. The summed E-state index contributed by atoms with van der Waals surface area (Å²) in [7, 11) is 0. The van der Waals surface area contributed by atoms with E-state index in [9.17, 15) is 0 Å². The lowest BCUT2D eigenvalue weighted by Gasteiger charge is -2.08. The molecule has 18 heavy (non-hydrogen) atoms. The number of hydrogen-bond donors (Lipinski definition) is 3. The predicted molar refractivity (Wildman–Crippen MR) is 72.7 cm³/mol. The van der Waals surface area contributed by atoms with Crippen LogP contribution in [-0.2, 0) is 6.61 Å². The second kappa shape index (κ2) is 5.65. The quantitative estimate of drug-likeness (QED) is 0.587. The largest absolute Gasteiger partial charge is 0.473 e. The van der Waals surface area contributed by atoms with Crippen LogP contribution in [0.2, 0.25) is 0 Å². The molecule has 7 heteroatoms. The van der Waals surface area contributed by atoms with Crippen molar-refractivity contribution in [2.75, 3.05) is 11.2 Å². The standard InChI is InChI=1S/C11H12BrN5O/c12-8-4-2-1-3-7(8)6-18-10-5-9(17-14)15-11(13)16-10/h1-5H,6,14H2,(H3,13,15,16,17). The minimum Gasteiger partial charge on any atom is -0.473 e. The number of hydrazine groups is 1. The van der Waals surface area contributed by atoms with Gasteiger partial charge in [0.25, 0.3) is 0 Å². The Labute approximate surface area is 112 Å². The van der Waals surface area contributed by atoms with Crippen molar-refractivity contribution in [3.05, 3.63) is 40.4 Å². The Morgan fingerprint density at radius 1 is 1.28 bits per heavy atom. The first-order valence-electron chi connectivity index (χ1n) is 5.16. The monoisotopic (exact) mass is 309 g/mol. The van der Waals surface area contributed by atoms with Gasteiger partial charge in [-0.15, -0.1) is 0 Å². The van der Waals surface area contributed by atoms with E-state index in [1.807, 2.05) is 24.3 Å². The van der Waals surface area contributed by atoms with Crippen LogP contribution in [0.25, 0.3) is 0 Å². The van der Waals surface area contributed by atoms with Crippen molar-refractivity contribution >= 4 is 27.7 Å². The molecule has 0 aliphatic rings. The molecule has 0 atom stereocenters. The van der Waals surface area contributed by atoms with Crippen molar-refractivity contribution in [3.8, 4) is 5.88 Å². The summed E-state index contributed by atoms with van der Waals surface area (Å²) in [5.74, 6) is 6.14. The van der Waals surface area contributed by atoms with Gasteiger partial charge in [0.05, 0.1) is 0 Å². The smallest absolute Gasteiger partial charge is 0.225 e. The third-order valence-electron chi connectivity index (χ3n) is 2.20. The van der Waals surface area contributed by atoms with Crippen LogP contribution in [0.1, 0.15) is 5.56 Å². The van der Waals surface area contributed by atoms with Crippen LogP contribution in [0.4, 0.5) is 11.8 Å². The fraction of sp³-hybridized carbons (Fsp3) is 0.0909. The summed E-state index contributed by atoms with van der Waals surface area (Å²) in [5.41, 5.74) is 8.94. The molecule has 2 rings (SSSR count). The molecule has 0 aliphatic carbocycles. The van der Waals surface area contributed by atoms with Gasteiger partial charge in [-0.3, -0.25) is 0 Å². The summed E-state index contributed by atoms with van der Waals surface area (Å²) in [4.78, 5) is 7.83. The number of halogens is 1. The molecule has 0 saturated heterocycles. The Morgan fingerprint density at radius 2 is 2.06 bits per heavy atom. The average Bonchev–Trinajstić information content (AvgIpc) is 2.37. The van der Waals surface area contributed by atoms with Crippen LogP contribution in [0.5, 0.6) is 5.88 Å². The molecule has 0 fully saturated rings. The highest BCUT2D eigenvalue weighted by Gasteiger charge is 2.04. The van der Waals surface area contributed by atoms with E-state index in [1.165, 1.54) is 0 Å². The van der Waals surface area contributed by atoms with Crippen LogP contribution in [0.3, 0.4) is 0 Å². The van der Waals surface area contributed by atoms with Crippen LogP contribution in [0.15, 0.2) is 34.8 Å². The zero-order valence-electron chi connectivity index (χ0n) is 9.43. The highest BCUT2D eigenvalue weighted by molar-refractivity contribution is 9.10. The van der Waals surface area contributed by atoms with Crippen LogP contribution in [-0.4, -0.2) is 9.97 Å². The van der Waals surface area contributed by atoms with Gasteiger partial charge in [-0.1, -0.05) is 34.1 Å². The SMILES string of the molecule is NNc1cc(OCc2ccccc2Br)nc(N)n1. The van der Waals surface area contributed by atoms with Crippen LogP contribution >= 0.6 is 15.9 Å². The normalized spacial score (nSPS) is 10.1. The number of anilines is 2. The topological polar surface area (TPSA) is 99.1 Å². The second-order valence-corrected chi connectivity index (χ2v) is 4.33. The molecule has 0 saturated carbocycles. The first-order valence-corrected chi connectivity index (χ1v) is 5.95. The van der Waals surface area contributed by atoms with Gasteiger partial charge in [-0.2, -0.15) is 9.97 Å². The van der Waals surface area contributed by atoms with Gasteiger partial charge in [-0.05, 0) is 6.07 Å². The lowest BCUT2D eigenvalue weighted by atomic mass is 10.2. The summed E-state index contributed by atoms with van der Waals surface area (Å²) in [6, 6.07) is 9.35. The highest BCUT2D eigenvalue weighted by Crippen LogP contribution is 2.19. The Bertz CT molecular complexity index is 549. The summed E-state index contributed by atoms with van der Waals surface area (Å²) in [6.07, 6.45) is 0. The first kappa shape index (κ1) is 12.6. The van der Waals surface area contributed by atoms with Crippen LogP contribution in [0, 0.1) is 0 Å². The van der Waals surface area contributed by atoms with Crippen molar-refractivity contribution in [2.24, 2.45) is 5.84 Å². The minimum absolute atomic E-state index is 0.104. The molecule has 1 aromatic heterocycles. The number of nitrogens with two attached hydrogens (primary N) is 2. The van der Waals surface area contributed by atoms with E-state index < -0.39 is 0 Å². The van der Waals surface area contributed by atoms with E-state index in [0.717, 1.165) is 10.0 Å². The van der Waals surface area contributed by atoms with Crippen molar-refractivity contribution in [3.63, 3.8) is 0 Å². The molecule has 0 unspecified atom stereocenters. The maximum atomic E-state index is 5.54. The Morgan fingerprint density at radius 3 is 2.78 bits per heavy atom. The number of ether oxygens (including phenoxy) is 1. The molecule has 2 aromatic rings. The molecule has 0 bridgehead atoms. The second-order valence-electron chi connectivity index (χ2n) is 3.47. The summed E-state index contributed by atoms with van der Waals surface area (Å²) >= 11 is 3.44. The van der Waals surface area contributed by atoms with Crippen LogP contribution < -0.4 is 21.7 Å². The Balaban J connectivity index is 2.11. The number of rotatable bonds is 4. The van der Waals surface area contributed by atoms with Gasteiger partial charge < -0.3 is 15.9 Å². The molecule has 0 spiro atoms. The van der Waals surface area contributed by atoms with E-state index in [-0.39, 0.29) is 5.95 Å². The van der Waals surface area contributed by atoms with E-state index in [4.69, 9.17) is 16.3 Å². The van der Waals surface area contributed by atoms with E-state index >= 15 is 0 Å². The number of nitrogens with zero attached hydrogens (tertiary/aromatic N) is 2. The minimum atomic E-state index is 0.104. The summed E-state index contributed by atoms with van der Waals surface area (Å²) in [6.45, 7) is 0.377. The average molecular weight is 310 g/mol. The van der Waals surface area contributed by atoms with Gasteiger partial charge in [0.2, 0.25) is 11.8 Å². The molecule has 5 N–H and O–H groups in total. The third-order valence-corrected chi connectivity index (χ3v) is 2.97. The Hall–Kier alpha value is -1.86. The number of hydrogen-bond acceptors (Lipinski definition) is 6.